The molecule has 1 heterocycles. The van der Waals surface area contributed by atoms with Crippen LogP contribution in [0.15, 0.2) is 0 Å². The summed E-state index contributed by atoms with van der Waals surface area (Å²) in [6.45, 7) is 11.9. The van der Waals surface area contributed by atoms with Crippen molar-refractivity contribution in [2.75, 3.05) is 0 Å². The van der Waals surface area contributed by atoms with Crippen molar-refractivity contribution in [1.29, 1.82) is 0 Å². The molecule has 0 saturated carbocycles. The van der Waals surface area contributed by atoms with Crippen molar-refractivity contribution < 1.29 is 0 Å². The van der Waals surface area contributed by atoms with Crippen molar-refractivity contribution in [2.45, 2.75) is 59.5 Å². The Bertz CT molecular complexity index is 350. The zero-order chi connectivity index (χ0) is 12.3. The number of hydrogen-bond donors (Lipinski definition) is 1. The molecule has 0 radical (unpaired) electrons. The Kier molecular flexibility index (Phi) is 4.14. The third-order valence-electron chi connectivity index (χ3n) is 3.28. The minimum absolute atomic E-state index is 0.212. The first-order valence-electron chi connectivity index (χ1n) is 6.11. The lowest BCUT2D eigenvalue weighted by Crippen LogP contribution is -2.38. The van der Waals surface area contributed by atoms with Crippen molar-refractivity contribution in [3.63, 3.8) is 0 Å². The summed E-state index contributed by atoms with van der Waals surface area (Å²) in [4.78, 5) is 0. The van der Waals surface area contributed by atoms with Crippen LogP contribution in [-0.2, 0) is 13.6 Å². The average molecular weight is 223 g/mol. The Morgan fingerprint density at radius 1 is 1.31 bits per heavy atom. The monoisotopic (exact) mass is 223 g/mol. The van der Waals surface area contributed by atoms with E-state index in [1.807, 2.05) is 11.7 Å². The third kappa shape index (κ3) is 3.08. The lowest BCUT2D eigenvalue weighted by molar-refractivity contribution is 0.356. The molecule has 0 fully saturated rings. The molecule has 1 aromatic heterocycles. The molecule has 0 bridgehead atoms. The van der Waals surface area contributed by atoms with Gasteiger partial charge in [0, 0.05) is 30.4 Å². The van der Waals surface area contributed by atoms with Crippen molar-refractivity contribution in [1.82, 2.24) is 15.1 Å². The van der Waals surface area contributed by atoms with E-state index in [2.05, 4.69) is 45.0 Å². The molecule has 3 heteroatoms. The van der Waals surface area contributed by atoms with Crippen LogP contribution in [0.3, 0.4) is 0 Å². The highest BCUT2D eigenvalue weighted by atomic mass is 15.3. The smallest absolute Gasteiger partial charge is 0.0641 e. The van der Waals surface area contributed by atoms with Crippen LogP contribution in [0.5, 0.6) is 0 Å². The fourth-order valence-electron chi connectivity index (χ4n) is 2.11. The van der Waals surface area contributed by atoms with Gasteiger partial charge in [-0.25, -0.2) is 0 Å². The molecule has 0 spiro atoms. The van der Waals surface area contributed by atoms with Crippen molar-refractivity contribution in [3.05, 3.63) is 17.0 Å². The Morgan fingerprint density at radius 3 is 2.38 bits per heavy atom. The van der Waals surface area contributed by atoms with Gasteiger partial charge in [-0.2, -0.15) is 5.10 Å². The van der Waals surface area contributed by atoms with Gasteiger partial charge in [0.15, 0.2) is 0 Å². The maximum Gasteiger partial charge on any atom is 0.0641 e. The molecule has 3 nitrogen and oxygen atoms in total. The standard InChI is InChI=1S/C13H25N3/c1-7-8-13(4,5)14-9-12-10(2)15-16(6)11(12)3/h14H,7-9H2,1-6H3. The summed E-state index contributed by atoms with van der Waals surface area (Å²) >= 11 is 0. The minimum atomic E-state index is 0.212. The van der Waals surface area contributed by atoms with Gasteiger partial charge in [-0.15, -0.1) is 0 Å². The van der Waals surface area contributed by atoms with Gasteiger partial charge in [0.25, 0.3) is 0 Å². The quantitative estimate of drug-likeness (QED) is 0.832. The van der Waals surface area contributed by atoms with Crippen LogP contribution in [0, 0.1) is 13.8 Å². The second-order valence-corrected chi connectivity index (χ2v) is 5.26. The summed E-state index contributed by atoms with van der Waals surface area (Å²) in [6.07, 6.45) is 2.41. The molecule has 0 aliphatic heterocycles. The van der Waals surface area contributed by atoms with E-state index in [9.17, 15) is 0 Å². The number of hydrogen-bond acceptors (Lipinski definition) is 2. The molecule has 0 aliphatic rings. The highest BCUT2D eigenvalue weighted by Gasteiger charge is 2.17. The molecule has 0 aliphatic carbocycles. The predicted molar refractivity (Wildman–Crippen MR) is 68.5 cm³/mol. The Morgan fingerprint density at radius 2 is 1.94 bits per heavy atom. The SMILES string of the molecule is CCCC(C)(C)NCc1c(C)nn(C)c1C. The zero-order valence-corrected chi connectivity index (χ0v) is 11.5. The van der Waals surface area contributed by atoms with Gasteiger partial charge in [0.05, 0.1) is 5.69 Å². The highest BCUT2D eigenvalue weighted by Crippen LogP contribution is 2.15. The second-order valence-electron chi connectivity index (χ2n) is 5.26. The summed E-state index contributed by atoms with van der Waals surface area (Å²) in [7, 11) is 2.00. The van der Waals surface area contributed by atoms with Crippen LogP contribution in [0.2, 0.25) is 0 Å². The second kappa shape index (κ2) is 5.00. The predicted octanol–water partition coefficient (Wildman–Crippen LogP) is 2.71. The fraction of sp³-hybridized carbons (Fsp3) is 0.769. The van der Waals surface area contributed by atoms with Crippen LogP contribution in [0.4, 0.5) is 0 Å². The largest absolute Gasteiger partial charge is 0.308 e. The Hall–Kier alpha value is -0.830. The molecule has 1 N–H and O–H groups in total. The molecule has 1 aromatic rings. The average Bonchev–Trinajstić information content (AvgIpc) is 2.39. The van der Waals surface area contributed by atoms with E-state index in [1.165, 1.54) is 24.1 Å². The van der Waals surface area contributed by atoms with E-state index >= 15 is 0 Å². The maximum absolute atomic E-state index is 4.43. The molecule has 16 heavy (non-hydrogen) atoms. The van der Waals surface area contributed by atoms with Gasteiger partial charge in [0.1, 0.15) is 0 Å². The van der Waals surface area contributed by atoms with Crippen LogP contribution in [0.25, 0.3) is 0 Å². The first-order chi connectivity index (χ1) is 7.37. The van der Waals surface area contributed by atoms with Crippen molar-refractivity contribution in [3.8, 4) is 0 Å². The topological polar surface area (TPSA) is 29.9 Å². The Balaban J connectivity index is 2.67. The van der Waals surface area contributed by atoms with E-state index in [1.54, 1.807) is 0 Å². The van der Waals surface area contributed by atoms with Gasteiger partial charge < -0.3 is 5.32 Å². The van der Waals surface area contributed by atoms with Gasteiger partial charge in [0.2, 0.25) is 0 Å². The summed E-state index contributed by atoms with van der Waals surface area (Å²) < 4.78 is 1.96. The number of aromatic nitrogens is 2. The normalized spacial score (nSPS) is 12.1. The van der Waals surface area contributed by atoms with E-state index < -0.39 is 0 Å². The summed E-state index contributed by atoms with van der Waals surface area (Å²) in [5.41, 5.74) is 3.95. The van der Waals surface area contributed by atoms with Crippen LogP contribution < -0.4 is 5.32 Å². The van der Waals surface area contributed by atoms with Gasteiger partial charge in [-0.1, -0.05) is 13.3 Å². The summed E-state index contributed by atoms with van der Waals surface area (Å²) in [5.74, 6) is 0. The van der Waals surface area contributed by atoms with Gasteiger partial charge >= 0.3 is 0 Å². The molecule has 0 aromatic carbocycles. The molecular formula is C13H25N3. The van der Waals surface area contributed by atoms with Crippen LogP contribution in [-0.4, -0.2) is 15.3 Å². The van der Waals surface area contributed by atoms with Crippen LogP contribution >= 0.6 is 0 Å². The van der Waals surface area contributed by atoms with E-state index in [0.717, 1.165) is 12.2 Å². The first-order valence-corrected chi connectivity index (χ1v) is 6.11. The molecule has 0 atom stereocenters. The third-order valence-corrected chi connectivity index (χ3v) is 3.28. The zero-order valence-electron chi connectivity index (χ0n) is 11.5. The lowest BCUT2D eigenvalue weighted by atomic mass is 9.98. The molecule has 92 valence electrons. The molecule has 0 saturated heterocycles. The summed E-state index contributed by atoms with van der Waals surface area (Å²) in [5, 5.41) is 8.05. The maximum atomic E-state index is 4.43. The number of rotatable bonds is 5. The van der Waals surface area contributed by atoms with E-state index in [-0.39, 0.29) is 5.54 Å². The lowest BCUT2D eigenvalue weighted by Gasteiger charge is -2.26. The van der Waals surface area contributed by atoms with Crippen LogP contribution in [0.1, 0.15) is 50.6 Å². The molecule has 1 rings (SSSR count). The molecule has 0 unspecified atom stereocenters. The number of nitrogens with zero attached hydrogens (tertiary/aromatic N) is 2. The van der Waals surface area contributed by atoms with Gasteiger partial charge in [-0.05, 0) is 34.1 Å². The molecular weight excluding hydrogens is 198 g/mol. The number of aryl methyl sites for hydroxylation is 2. The highest BCUT2D eigenvalue weighted by molar-refractivity contribution is 5.24. The summed E-state index contributed by atoms with van der Waals surface area (Å²) in [6, 6.07) is 0. The first kappa shape index (κ1) is 13.2. The number of nitrogens with one attached hydrogen (secondary N) is 1. The fourth-order valence-corrected chi connectivity index (χ4v) is 2.11. The van der Waals surface area contributed by atoms with Gasteiger partial charge in [-0.3, -0.25) is 4.68 Å². The van der Waals surface area contributed by atoms with Crippen molar-refractivity contribution >= 4 is 0 Å². The Labute approximate surface area is 99.2 Å². The minimum Gasteiger partial charge on any atom is -0.308 e. The molecule has 0 amide bonds. The van der Waals surface area contributed by atoms with E-state index in [4.69, 9.17) is 0 Å². The van der Waals surface area contributed by atoms with Crippen molar-refractivity contribution in [2.24, 2.45) is 7.05 Å². The van der Waals surface area contributed by atoms with E-state index in [0.29, 0.717) is 0 Å².